The van der Waals surface area contributed by atoms with Crippen molar-refractivity contribution in [3.8, 4) is 0 Å². The fourth-order valence-electron chi connectivity index (χ4n) is 3.50. The van der Waals surface area contributed by atoms with Gasteiger partial charge in [0, 0.05) is 37.2 Å². The molecule has 1 aromatic rings. The summed E-state index contributed by atoms with van der Waals surface area (Å²) in [5, 5.41) is 11.3. The van der Waals surface area contributed by atoms with E-state index in [4.69, 9.17) is 4.74 Å². The minimum absolute atomic E-state index is 0.221. The van der Waals surface area contributed by atoms with Gasteiger partial charge in [-0.15, -0.1) is 0 Å². The molecule has 11 heteroatoms. The Hall–Kier alpha value is -2.27. The largest absolute Gasteiger partial charge is 0.371 e. The molecule has 1 aromatic heterocycles. The van der Waals surface area contributed by atoms with Crippen molar-refractivity contribution in [3.05, 3.63) is 32.7 Å². The van der Waals surface area contributed by atoms with Gasteiger partial charge < -0.3 is 14.6 Å². The van der Waals surface area contributed by atoms with E-state index < -0.39 is 31.5 Å². The van der Waals surface area contributed by atoms with E-state index in [-0.39, 0.29) is 29.5 Å². The minimum Gasteiger partial charge on any atom is -0.371 e. The van der Waals surface area contributed by atoms with Crippen molar-refractivity contribution in [2.45, 2.75) is 31.8 Å². The molecule has 0 bridgehead atoms. The van der Waals surface area contributed by atoms with Gasteiger partial charge >= 0.3 is 11.2 Å². The molecule has 0 atom stereocenters. The number of H-pyrrole nitrogens is 1. The molecule has 3 heterocycles. The molecule has 0 aliphatic carbocycles. The SMILES string of the molecule is CCC(=O)N=S1(=O)CCC2(CC1)CN(c1cc[nH]c(=O)c1[N+](=O)[O-])CCO2. The fraction of sp³-hybridized carbons (Fsp3) is 0.625. The first-order chi connectivity index (χ1) is 12.8. The Morgan fingerprint density at radius 2 is 2.19 bits per heavy atom. The third-order valence-electron chi connectivity index (χ3n) is 5.01. The van der Waals surface area contributed by atoms with Crippen LogP contribution in [0.2, 0.25) is 0 Å². The van der Waals surface area contributed by atoms with Gasteiger partial charge in [-0.3, -0.25) is 19.7 Å². The number of hydrogen-bond acceptors (Lipinski definition) is 7. The number of pyridine rings is 1. The maximum atomic E-state index is 12.7. The lowest BCUT2D eigenvalue weighted by Gasteiger charge is -2.45. The highest BCUT2D eigenvalue weighted by Crippen LogP contribution is 2.35. The summed E-state index contributed by atoms with van der Waals surface area (Å²) >= 11 is 0. The van der Waals surface area contributed by atoms with Crippen molar-refractivity contribution in [2.75, 3.05) is 36.1 Å². The summed E-state index contributed by atoms with van der Waals surface area (Å²) in [6, 6.07) is 1.51. The summed E-state index contributed by atoms with van der Waals surface area (Å²) in [7, 11) is -2.57. The van der Waals surface area contributed by atoms with Gasteiger partial charge in [-0.1, -0.05) is 6.92 Å². The Kier molecular flexibility index (Phi) is 5.33. The molecule has 1 spiro atoms. The van der Waals surface area contributed by atoms with Crippen LogP contribution in [-0.2, 0) is 19.3 Å². The van der Waals surface area contributed by atoms with Crippen molar-refractivity contribution < 1.29 is 18.7 Å². The number of amides is 1. The lowest BCUT2D eigenvalue weighted by molar-refractivity contribution is -0.385. The summed E-state index contributed by atoms with van der Waals surface area (Å²) in [4.78, 5) is 38.2. The van der Waals surface area contributed by atoms with Gasteiger partial charge in [0.1, 0.15) is 5.69 Å². The Morgan fingerprint density at radius 3 is 2.81 bits per heavy atom. The van der Waals surface area contributed by atoms with Crippen molar-refractivity contribution >= 4 is 27.0 Å². The van der Waals surface area contributed by atoms with Gasteiger partial charge in [-0.05, 0) is 18.9 Å². The van der Waals surface area contributed by atoms with Crippen LogP contribution < -0.4 is 10.5 Å². The van der Waals surface area contributed by atoms with Crippen LogP contribution in [0.25, 0.3) is 0 Å². The number of aromatic nitrogens is 1. The summed E-state index contributed by atoms with van der Waals surface area (Å²) in [6.07, 6.45) is 2.49. The topological polar surface area (TPSA) is 135 Å². The molecule has 2 aliphatic heterocycles. The molecule has 2 fully saturated rings. The Morgan fingerprint density at radius 1 is 1.48 bits per heavy atom. The van der Waals surface area contributed by atoms with Crippen molar-refractivity contribution in [3.63, 3.8) is 0 Å². The predicted octanol–water partition coefficient (Wildman–Crippen LogP) is 1.06. The van der Waals surface area contributed by atoms with Crippen LogP contribution in [0.5, 0.6) is 0 Å². The van der Waals surface area contributed by atoms with Gasteiger partial charge in [0.15, 0.2) is 0 Å². The smallest absolute Gasteiger partial charge is 0.356 e. The second-order valence-corrected chi connectivity index (χ2v) is 9.31. The first-order valence-corrected chi connectivity index (χ1v) is 10.6. The third kappa shape index (κ3) is 4.03. The Balaban J connectivity index is 1.83. The number of carbonyl (C=O) groups excluding carboxylic acids is 1. The molecule has 0 unspecified atom stereocenters. The zero-order valence-corrected chi connectivity index (χ0v) is 15.8. The van der Waals surface area contributed by atoms with Crippen LogP contribution in [0.1, 0.15) is 26.2 Å². The normalized spacial score (nSPS) is 28.1. The highest BCUT2D eigenvalue weighted by atomic mass is 32.2. The lowest BCUT2D eigenvalue weighted by Crippen LogP contribution is -2.55. The summed E-state index contributed by atoms with van der Waals surface area (Å²) < 4.78 is 22.6. The van der Waals surface area contributed by atoms with E-state index in [1.165, 1.54) is 12.3 Å². The molecule has 0 radical (unpaired) electrons. The minimum atomic E-state index is -2.57. The number of nitro groups is 1. The number of carbonyl (C=O) groups is 1. The van der Waals surface area contributed by atoms with Crippen molar-refractivity contribution in [1.29, 1.82) is 0 Å². The zero-order chi connectivity index (χ0) is 19.7. The van der Waals surface area contributed by atoms with E-state index in [2.05, 4.69) is 9.35 Å². The van der Waals surface area contributed by atoms with Gasteiger partial charge in [-0.25, -0.2) is 4.21 Å². The van der Waals surface area contributed by atoms with Crippen LogP contribution >= 0.6 is 0 Å². The second kappa shape index (κ2) is 7.39. The molecule has 10 nitrogen and oxygen atoms in total. The van der Waals surface area contributed by atoms with Crippen LogP contribution in [-0.4, -0.2) is 56.8 Å². The van der Waals surface area contributed by atoms with Gasteiger partial charge in [0.2, 0.25) is 0 Å². The van der Waals surface area contributed by atoms with Crippen LogP contribution in [0.4, 0.5) is 11.4 Å². The molecule has 0 saturated carbocycles. The van der Waals surface area contributed by atoms with E-state index in [0.29, 0.717) is 32.5 Å². The number of anilines is 1. The highest BCUT2D eigenvalue weighted by Gasteiger charge is 2.42. The average molecular weight is 398 g/mol. The second-order valence-electron chi connectivity index (χ2n) is 6.77. The molecular weight excluding hydrogens is 376 g/mol. The van der Waals surface area contributed by atoms with Gasteiger partial charge in [0.05, 0.1) is 26.9 Å². The number of rotatable bonds is 3. The maximum Gasteiger partial charge on any atom is 0.356 e. The molecule has 2 saturated heterocycles. The van der Waals surface area contributed by atoms with E-state index in [0.717, 1.165) is 0 Å². The predicted molar refractivity (Wildman–Crippen MR) is 99.4 cm³/mol. The summed E-state index contributed by atoms with van der Waals surface area (Å²) in [5.41, 5.74) is -1.59. The molecule has 1 amide bonds. The number of ether oxygens (including phenoxy) is 1. The summed E-state index contributed by atoms with van der Waals surface area (Å²) in [6.45, 7) is 2.79. The Labute approximate surface area is 156 Å². The number of morpholine rings is 1. The lowest BCUT2D eigenvalue weighted by atomic mass is 9.94. The van der Waals surface area contributed by atoms with Crippen LogP contribution in [0, 0.1) is 10.1 Å². The van der Waals surface area contributed by atoms with Crippen LogP contribution in [0.3, 0.4) is 0 Å². The Bertz CT molecular complexity index is 919. The number of nitrogens with one attached hydrogen (secondary N) is 1. The van der Waals surface area contributed by atoms with E-state index in [1.807, 2.05) is 0 Å². The monoisotopic (exact) mass is 398 g/mol. The number of aromatic amines is 1. The molecule has 3 rings (SSSR count). The standard InChI is InChI=1S/C16H22N4O6S/c1-2-13(21)18-27(25)9-4-16(5-10-27)11-19(7-8-26-16)12-3-6-17-15(22)14(12)20(23)24/h3,6H,2,4-5,7-11H2,1H3,(H,17,22). The summed E-state index contributed by atoms with van der Waals surface area (Å²) in [5.74, 6) is 0.148. The molecule has 148 valence electrons. The molecule has 27 heavy (non-hydrogen) atoms. The number of hydrogen-bond donors (Lipinski definition) is 1. The quantitative estimate of drug-likeness (QED) is 0.594. The van der Waals surface area contributed by atoms with Crippen LogP contribution in [0.15, 0.2) is 21.4 Å². The first-order valence-electron chi connectivity index (χ1n) is 8.78. The molecule has 1 N–H and O–H groups in total. The molecule has 0 aromatic carbocycles. The average Bonchev–Trinajstić information content (AvgIpc) is 2.64. The fourth-order valence-corrected chi connectivity index (χ4v) is 5.77. The maximum absolute atomic E-state index is 12.7. The van der Waals surface area contributed by atoms with Gasteiger partial charge in [-0.2, -0.15) is 4.36 Å². The van der Waals surface area contributed by atoms with E-state index in [1.54, 1.807) is 11.8 Å². The molecule has 2 aliphatic rings. The number of nitrogens with zero attached hydrogens (tertiary/aromatic N) is 3. The van der Waals surface area contributed by atoms with Crippen molar-refractivity contribution in [2.24, 2.45) is 4.36 Å². The van der Waals surface area contributed by atoms with Crippen molar-refractivity contribution in [1.82, 2.24) is 4.98 Å². The van der Waals surface area contributed by atoms with E-state index in [9.17, 15) is 23.9 Å². The highest BCUT2D eigenvalue weighted by molar-refractivity contribution is 7.93. The molecular formula is C16H22N4O6S. The van der Waals surface area contributed by atoms with E-state index >= 15 is 0 Å². The first kappa shape index (κ1) is 19.5. The van der Waals surface area contributed by atoms with Gasteiger partial charge in [0.25, 0.3) is 5.91 Å². The zero-order valence-electron chi connectivity index (χ0n) is 15.0. The third-order valence-corrected chi connectivity index (χ3v) is 7.23.